The van der Waals surface area contributed by atoms with E-state index in [1.165, 1.54) is 41.0 Å². The maximum Gasteiger partial charge on any atom is 0.541 e. The zero-order chi connectivity index (χ0) is 45.4. The molecule has 6 atom stereocenters. The molecule has 0 amide bonds. The summed E-state index contributed by atoms with van der Waals surface area (Å²) in [5, 5.41) is 8.53. The molecule has 0 radical (unpaired) electrons. The lowest BCUT2D eigenvalue weighted by Crippen LogP contribution is -2.46. The van der Waals surface area contributed by atoms with Crippen LogP contribution in [0.4, 0.5) is 16.2 Å². The minimum Gasteiger partial charge on any atom is -0.493 e. The number of nitrogens with zero attached hydrogens (tertiary/aromatic N) is 9. The van der Waals surface area contributed by atoms with Gasteiger partial charge in [0.05, 0.1) is 47.6 Å². The van der Waals surface area contributed by atoms with E-state index in [4.69, 9.17) is 23.7 Å². The SMILES string of the molecule is CC[C@@H]([C@H](C)OC(=O)OC(C)OC(=O)c1ccc(OP(=O)(O)N=O)cc1)n1ncn(-c2ccc(N3CCN(c4ccc(OC[C@@H]5CO[C@](C)(Cn6cncn6)C5)cc4)CC3)cc2)c1=O. The van der Waals surface area contributed by atoms with Crippen LogP contribution < -0.4 is 24.8 Å². The minimum absolute atomic E-state index is 0.00781. The van der Waals surface area contributed by atoms with Gasteiger partial charge in [-0.25, -0.2) is 33.2 Å². The summed E-state index contributed by atoms with van der Waals surface area (Å²) in [7, 11) is -4.70. The lowest BCUT2D eigenvalue weighted by Gasteiger charge is -2.37. The van der Waals surface area contributed by atoms with Crippen LogP contribution in [0.3, 0.4) is 0 Å². The van der Waals surface area contributed by atoms with Gasteiger partial charge in [-0.2, -0.15) is 10.2 Å². The van der Waals surface area contributed by atoms with Gasteiger partial charge in [0.15, 0.2) is 0 Å². The maximum absolute atomic E-state index is 13.6. The lowest BCUT2D eigenvalue weighted by molar-refractivity contribution is -0.0919. The monoisotopic (exact) mass is 903 g/mol. The molecular weight excluding hydrogens is 853 g/mol. The average molecular weight is 904 g/mol. The predicted molar refractivity (Wildman–Crippen MR) is 231 cm³/mol. The van der Waals surface area contributed by atoms with Crippen molar-refractivity contribution in [3.8, 4) is 17.2 Å². The number of carbonyl (C=O) groups is 2. The summed E-state index contributed by atoms with van der Waals surface area (Å²) in [4.78, 5) is 69.0. The molecule has 2 fully saturated rings. The highest BCUT2D eigenvalue weighted by atomic mass is 31.2. The van der Waals surface area contributed by atoms with Crippen molar-refractivity contribution < 1.29 is 47.3 Å². The summed E-state index contributed by atoms with van der Waals surface area (Å²) in [6.07, 6.45) is 2.55. The topological polar surface area (TPSA) is 233 Å². The normalized spacial score (nSPS) is 19.8. The third kappa shape index (κ3) is 11.3. The summed E-state index contributed by atoms with van der Waals surface area (Å²) in [6, 6.07) is 20.0. The van der Waals surface area contributed by atoms with Gasteiger partial charge in [-0.15, -0.1) is 4.91 Å². The number of piperazine rings is 1. The molecule has 22 heteroatoms. The quantitative estimate of drug-likeness (QED) is 0.0476. The molecule has 64 heavy (non-hydrogen) atoms. The van der Waals surface area contributed by atoms with Gasteiger partial charge >= 0.3 is 25.6 Å². The van der Waals surface area contributed by atoms with E-state index in [1.54, 1.807) is 17.9 Å². The zero-order valence-corrected chi connectivity index (χ0v) is 36.6. The maximum atomic E-state index is 13.6. The van der Waals surface area contributed by atoms with Gasteiger partial charge in [0.2, 0.25) is 6.29 Å². The van der Waals surface area contributed by atoms with Gasteiger partial charge in [-0.05, 0) is 99.5 Å². The number of hydrogen-bond acceptors (Lipinski definition) is 16. The van der Waals surface area contributed by atoms with Gasteiger partial charge in [-0.1, -0.05) is 6.92 Å². The molecule has 21 nitrogen and oxygen atoms in total. The van der Waals surface area contributed by atoms with E-state index >= 15 is 0 Å². The van der Waals surface area contributed by atoms with E-state index in [9.17, 15) is 28.7 Å². The van der Waals surface area contributed by atoms with Crippen molar-refractivity contribution in [3.63, 3.8) is 0 Å². The molecule has 0 aliphatic carbocycles. The Morgan fingerprint density at radius 1 is 0.891 bits per heavy atom. The number of esters is 1. The second kappa shape index (κ2) is 19.9. The molecule has 2 aromatic heterocycles. The first-order valence-corrected chi connectivity index (χ1v) is 22.3. The van der Waals surface area contributed by atoms with Gasteiger partial charge in [0, 0.05) is 50.4 Å². The van der Waals surface area contributed by atoms with E-state index in [-0.39, 0.29) is 16.9 Å². The number of ether oxygens (including phenoxy) is 5. The first-order chi connectivity index (χ1) is 30.7. The van der Waals surface area contributed by atoms with Gasteiger partial charge in [0.1, 0.15) is 36.6 Å². The molecule has 2 aliphatic rings. The van der Waals surface area contributed by atoms with Crippen molar-refractivity contribution in [1.29, 1.82) is 0 Å². The smallest absolute Gasteiger partial charge is 0.493 e. The molecule has 0 spiro atoms. The molecule has 340 valence electrons. The number of rotatable bonds is 18. The standard InChI is InChI=1S/C42H50N9O12P/c1-5-38(29(2)60-41(54)62-30(3)61-39(52)32-6-14-37(15-7-32)63-64(56,57)46-55)51-40(53)50(28-45-51)35-10-8-33(9-11-35)47-18-20-48(21-19-47)34-12-16-36(17-13-34)58-23-31-22-42(4,59-24-31)25-49-27-43-26-44-49/h6-17,26-31,38H,5,18-25H2,1-4H3,(H,56,57)/t29-,30?,31+,38-,42-/m0/s1. The summed E-state index contributed by atoms with van der Waals surface area (Å²) in [5.74, 6) is 0.0550. The molecule has 2 saturated heterocycles. The number of anilines is 2. The van der Waals surface area contributed by atoms with Crippen LogP contribution in [-0.2, 0) is 30.1 Å². The summed E-state index contributed by atoms with van der Waals surface area (Å²) in [6.45, 7) is 12.0. The van der Waals surface area contributed by atoms with E-state index in [0.717, 1.165) is 61.9 Å². The molecular formula is C42H50N9O12P. The van der Waals surface area contributed by atoms with E-state index < -0.39 is 44.0 Å². The summed E-state index contributed by atoms with van der Waals surface area (Å²) in [5.41, 5.74) is 2.06. The van der Waals surface area contributed by atoms with E-state index in [1.807, 2.05) is 48.3 Å². The van der Waals surface area contributed by atoms with E-state index in [0.29, 0.717) is 37.8 Å². The average Bonchev–Trinajstić information content (AvgIpc) is 4.04. The fourth-order valence-electron chi connectivity index (χ4n) is 7.80. The van der Waals surface area contributed by atoms with Crippen LogP contribution in [0.15, 0.2) is 102 Å². The number of hydrogen-bond donors (Lipinski definition) is 1. The fraction of sp³-hybridized carbons (Fsp3) is 0.429. The van der Waals surface area contributed by atoms with Crippen molar-refractivity contribution in [2.75, 3.05) is 49.2 Å². The van der Waals surface area contributed by atoms with Crippen LogP contribution in [0.1, 0.15) is 56.9 Å². The molecule has 2 aliphatic heterocycles. The van der Waals surface area contributed by atoms with Crippen molar-refractivity contribution in [2.24, 2.45) is 10.9 Å². The van der Waals surface area contributed by atoms with E-state index in [2.05, 4.69) is 48.6 Å². The first-order valence-electron chi connectivity index (χ1n) is 20.7. The molecule has 3 aromatic carbocycles. The van der Waals surface area contributed by atoms with Crippen LogP contribution >= 0.6 is 7.75 Å². The Bertz CT molecular complexity index is 2460. The number of benzene rings is 3. The second-order valence-electron chi connectivity index (χ2n) is 15.8. The van der Waals surface area contributed by atoms with Crippen LogP contribution in [0.2, 0.25) is 0 Å². The van der Waals surface area contributed by atoms with Crippen LogP contribution in [0.25, 0.3) is 5.69 Å². The van der Waals surface area contributed by atoms with Crippen LogP contribution in [-0.4, -0.2) is 104 Å². The van der Waals surface area contributed by atoms with Crippen molar-refractivity contribution in [1.82, 2.24) is 29.1 Å². The Morgan fingerprint density at radius 3 is 2.12 bits per heavy atom. The molecule has 2 unspecified atom stereocenters. The second-order valence-corrected chi connectivity index (χ2v) is 17.1. The van der Waals surface area contributed by atoms with Crippen LogP contribution in [0, 0.1) is 10.8 Å². The van der Waals surface area contributed by atoms with Crippen molar-refractivity contribution in [2.45, 2.75) is 71.1 Å². The largest absolute Gasteiger partial charge is 0.541 e. The molecule has 7 rings (SSSR count). The fourth-order valence-corrected chi connectivity index (χ4v) is 8.23. The highest BCUT2D eigenvalue weighted by Gasteiger charge is 2.37. The Kier molecular flexibility index (Phi) is 14.1. The number of aromatic nitrogens is 6. The van der Waals surface area contributed by atoms with Crippen molar-refractivity contribution >= 4 is 31.2 Å². The third-order valence-electron chi connectivity index (χ3n) is 11.0. The summed E-state index contributed by atoms with van der Waals surface area (Å²) < 4.78 is 48.3. The first kappa shape index (κ1) is 45.5. The Balaban J connectivity index is 0.852. The summed E-state index contributed by atoms with van der Waals surface area (Å²) >= 11 is 0. The number of nitroso groups, excluding NO2 is 1. The minimum atomic E-state index is -4.70. The third-order valence-corrected chi connectivity index (χ3v) is 11.7. The number of carbonyl (C=O) groups excluding carboxylic acids is 2. The van der Waals surface area contributed by atoms with Gasteiger partial charge < -0.3 is 38.0 Å². The van der Waals surface area contributed by atoms with Gasteiger partial charge in [0.25, 0.3) is 0 Å². The Hall–Kier alpha value is -6.57. The molecule has 0 saturated carbocycles. The molecule has 1 N–H and O–H groups in total. The zero-order valence-electron chi connectivity index (χ0n) is 35.7. The molecule has 5 aromatic rings. The Labute approximate surface area is 368 Å². The predicted octanol–water partition coefficient (Wildman–Crippen LogP) is 5.77. The lowest BCUT2D eigenvalue weighted by atomic mass is 9.96. The highest BCUT2D eigenvalue weighted by Crippen LogP contribution is 2.43. The molecule has 4 heterocycles. The highest BCUT2D eigenvalue weighted by molar-refractivity contribution is 7.51. The van der Waals surface area contributed by atoms with Crippen LogP contribution in [0.5, 0.6) is 11.5 Å². The van der Waals surface area contributed by atoms with Crippen molar-refractivity contribution in [3.05, 3.63) is 113 Å². The van der Waals surface area contributed by atoms with Gasteiger partial charge in [-0.3, -0.25) is 9.58 Å². The Morgan fingerprint density at radius 2 is 1.52 bits per heavy atom. The molecule has 0 bridgehead atoms.